The van der Waals surface area contributed by atoms with Crippen molar-refractivity contribution >= 4 is 46.7 Å². The zero-order valence-electron chi connectivity index (χ0n) is 17.1. The van der Waals surface area contributed by atoms with Crippen molar-refractivity contribution in [3.63, 3.8) is 0 Å². The van der Waals surface area contributed by atoms with Gasteiger partial charge in [0.2, 0.25) is 5.91 Å². The molecule has 2 aromatic carbocycles. The van der Waals surface area contributed by atoms with Gasteiger partial charge in [0.25, 0.3) is 5.91 Å². The second kappa shape index (κ2) is 11.3. The number of hydrogen-bond acceptors (Lipinski definition) is 6. The molecule has 0 radical (unpaired) electrons. The number of esters is 2. The van der Waals surface area contributed by atoms with Crippen molar-refractivity contribution in [3.8, 4) is 0 Å². The number of ether oxygens (including phenoxy) is 2. The molecule has 33 heavy (non-hydrogen) atoms. The Kier molecular flexibility index (Phi) is 8.80. The molecule has 2 N–H and O–H groups in total. The Hall–Kier alpha value is -3.60. The number of methoxy groups -OCH3 is 1. The van der Waals surface area contributed by atoms with Gasteiger partial charge in [-0.25, -0.2) is 4.79 Å². The number of nitrogens with one attached hydrogen (secondary N) is 2. The molecule has 0 fully saturated rings. The van der Waals surface area contributed by atoms with Gasteiger partial charge < -0.3 is 20.1 Å². The molecule has 0 aliphatic rings. The lowest BCUT2D eigenvalue weighted by Crippen LogP contribution is -2.22. The fourth-order valence-corrected chi connectivity index (χ4v) is 2.61. The molecule has 0 bridgehead atoms. The molecular formula is C21H18ClF3N2O6. The van der Waals surface area contributed by atoms with Crippen molar-refractivity contribution in [3.05, 3.63) is 58.6 Å². The van der Waals surface area contributed by atoms with Gasteiger partial charge in [-0.15, -0.1) is 0 Å². The van der Waals surface area contributed by atoms with Crippen LogP contribution in [0.2, 0.25) is 5.02 Å². The summed E-state index contributed by atoms with van der Waals surface area (Å²) in [5.41, 5.74) is -0.609. The molecule has 176 valence electrons. The summed E-state index contributed by atoms with van der Waals surface area (Å²) in [5, 5.41) is 4.55. The van der Waals surface area contributed by atoms with Crippen LogP contribution in [0.5, 0.6) is 0 Å². The van der Waals surface area contributed by atoms with Crippen LogP contribution in [-0.4, -0.2) is 37.5 Å². The number of carbonyl (C=O) groups excluding carboxylic acids is 4. The Morgan fingerprint density at radius 3 is 2.21 bits per heavy atom. The number of halogens is 4. The van der Waals surface area contributed by atoms with E-state index in [-0.39, 0.29) is 16.3 Å². The molecule has 0 aromatic heterocycles. The summed E-state index contributed by atoms with van der Waals surface area (Å²) in [6.45, 7) is -0.626. The maximum absolute atomic E-state index is 12.8. The Labute approximate surface area is 191 Å². The van der Waals surface area contributed by atoms with Crippen LogP contribution in [0.4, 0.5) is 24.5 Å². The van der Waals surface area contributed by atoms with E-state index in [4.69, 9.17) is 16.3 Å². The minimum Gasteiger partial charge on any atom is -0.465 e. The Balaban J connectivity index is 1.77. The maximum atomic E-state index is 12.8. The molecular weight excluding hydrogens is 469 g/mol. The summed E-state index contributed by atoms with van der Waals surface area (Å²) in [6, 6.07) is 8.22. The fourth-order valence-electron chi connectivity index (χ4n) is 2.45. The van der Waals surface area contributed by atoms with E-state index in [0.29, 0.717) is 11.8 Å². The first kappa shape index (κ1) is 25.7. The first-order valence-electron chi connectivity index (χ1n) is 9.30. The highest BCUT2D eigenvalue weighted by molar-refractivity contribution is 6.33. The molecule has 0 aliphatic carbocycles. The molecule has 2 amide bonds. The molecule has 0 heterocycles. The van der Waals surface area contributed by atoms with Gasteiger partial charge in [-0.3, -0.25) is 14.4 Å². The Bertz CT molecular complexity index is 1040. The summed E-state index contributed by atoms with van der Waals surface area (Å²) < 4.78 is 47.6. The standard InChI is InChI=1S/C21H18ClF3N2O6/c1-32-20(31)12-2-5-14(6-3-12)26-18(29)11-33-19(30)9-8-17(28)27-16-10-13(21(23,24)25)4-7-15(16)22/h2-7,10H,8-9,11H2,1H3,(H,26,29)(H,27,28). The smallest absolute Gasteiger partial charge is 0.416 e. The van der Waals surface area contributed by atoms with E-state index < -0.39 is 54.9 Å². The Morgan fingerprint density at radius 1 is 0.939 bits per heavy atom. The average molecular weight is 487 g/mol. The molecule has 0 unspecified atom stereocenters. The lowest BCUT2D eigenvalue weighted by atomic mass is 10.2. The molecule has 12 heteroatoms. The van der Waals surface area contributed by atoms with Crippen LogP contribution < -0.4 is 10.6 Å². The van der Waals surface area contributed by atoms with Crippen LogP contribution in [0.1, 0.15) is 28.8 Å². The number of alkyl halides is 3. The topological polar surface area (TPSA) is 111 Å². The predicted molar refractivity (Wildman–Crippen MR) is 112 cm³/mol. The lowest BCUT2D eigenvalue weighted by Gasteiger charge is -2.11. The summed E-state index contributed by atoms with van der Waals surface area (Å²) in [6.07, 6.45) is -5.43. The van der Waals surface area contributed by atoms with Gasteiger partial charge in [0, 0.05) is 12.1 Å². The molecule has 2 aromatic rings. The molecule has 8 nitrogen and oxygen atoms in total. The molecule has 0 saturated heterocycles. The van der Waals surface area contributed by atoms with Crippen LogP contribution in [0.25, 0.3) is 0 Å². The summed E-state index contributed by atoms with van der Waals surface area (Å²) >= 11 is 5.79. The highest BCUT2D eigenvalue weighted by Gasteiger charge is 2.31. The molecule has 0 atom stereocenters. The number of benzene rings is 2. The lowest BCUT2D eigenvalue weighted by molar-refractivity contribution is -0.147. The minimum absolute atomic E-state index is 0.102. The zero-order chi connectivity index (χ0) is 24.6. The van der Waals surface area contributed by atoms with Crippen LogP contribution >= 0.6 is 11.6 Å². The third-order valence-corrected chi connectivity index (χ3v) is 4.41. The number of anilines is 2. The van der Waals surface area contributed by atoms with Gasteiger partial charge in [-0.1, -0.05) is 11.6 Å². The van der Waals surface area contributed by atoms with Gasteiger partial charge in [0.1, 0.15) is 0 Å². The average Bonchev–Trinajstić information content (AvgIpc) is 2.77. The summed E-state index contributed by atoms with van der Waals surface area (Å²) in [5.74, 6) is -2.82. The summed E-state index contributed by atoms with van der Waals surface area (Å²) in [4.78, 5) is 46.9. The minimum atomic E-state index is -4.61. The van der Waals surface area contributed by atoms with E-state index in [1.807, 2.05) is 0 Å². The van der Waals surface area contributed by atoms with E-state index in [0.717, 1.165) is 12.1 Å². The van der Waals surface area contributed by atoms with Crippen LogP contribution in [0.15, 0.2) is 42.5 Å². The highest BCUT2D eigenvalue weighted by Crippen LogP contribution is 2.33. The van der Waals surface area contributed by atoms with Gasteiger partial charge in [0.15, 0.2) is 6.61 Å². The van der Waals surface area contributed by atoms with Gasteiger partial charge in [-0.2, -0.15) is 13.2 Å². The van der Waals surface area contributed by atoms with Gasteiger partial charge in [-0.05, 0) is 42.5 Å². The summed E-state index contributed by atoms with van der Waals surface area (Å²) in [7, 11) is 1.23. The highest BCUT2D eigenvalue weighted by atomic mass is 35.5. The first-order valence-corrected chi connectivity index (χ1v) is 9.68. The van der Waals surface area contributed by atoms with Crippen LogP contribution in [0.3, 0.4) is 0 Å². The SMILES string of the molecule is COC(=O)c1ccc(NC(=O)COC(=O)CCC(=O)Nc2cc(C(F)(F)F)ccc2Cl)cc1. The Morgan fingerprint density at radius 2 is 1.61 bits per heavy atom. The van der Waals surface area contributed by atoms with Crippen molar-refractivity contribution in [2.45, 2.75) is 19.0 Å². The quantitative estimate of drug-likeness (QED) is 0.545. The van der Waals surface area contributed by atoms with Gasteiger partial charge in [0.05, 0.1) is 35.4 Å². The largest absolute Gasteiger partial charge is 0.465 e. The van der Waals surface area contributed by atoms with E-state index >= 15 is 0 Å². The second-order valence-corrected chi connectivity index (χ2v) is 6.93. The van der Waals surface area contributed by atoms with Crippen LogP contribution in [0, 0.1) is 0 Å². The molecule has 0 spiro atoms. The van der Waals surface area contributed by atoms with Crippen molar-refractivity contribution < 1.29 is 41.8 Å². The van der Waals surface area contributed by atoms with Crippen molar-refractivity contribution in [2.24, 2.45) is 0 Å². The number of carbonyl (C=O) groups is 4. The number of rotatable bonds is 8. The number of hydrogen-bond donors (Lipinski definition) is 2. The van der Waals surface area contributed by atoms with Crippen LogP contribution in [-0.2, 0) is 30.0 Å². The molecule has 2 rings (SSSR count). The number of amides is 2. The monoisotopic (exact) mass is 486 g/mol. The zero-order valence-corrected chi connectivity index (χ0v) is 17.9. The third kappa shape index (κ3) is 8.11. The molecule has 0 aliphatic heterocycles. The van der Waals surface area contributed by atoms with E-state index in [9.17, 15) is 32.3 Å². The van der Waals surface area contributed by atoms with E-state index in [2.05, 4.69) is 15.4 Å². The third-order valence-electron chi connectivity index (χ3n) is 4.08. The second-order valence-electron chi connectivity index (χ2n) is 6.52. The predicted octanol–water partition coefficient (Wildman–Crippen LogP) is 4.05. The van der Waals surface area contributed by atoms with E-state index in [1.165, 1.54) is 31.4 Å². The van der Waals surface area contributed by atoms with E-state index in [1.54, 1.807) is 0 Å². The van der Waals surface area contributed by atoms with Crippen molar-refractivity contribution in [1.82, 2.24) is 0 Å². The molecule has 0 saturated carbocycles. The van der Waals surface area contributed by atoms with Crippen molar-refractivity contribution in [1.29, 1.82) is 0 Å². The first-order chi connectivity index (χ1) is 15.5. The maximum Gasteiger partial charge on any atom is 0.416 e. The van der Waals surface area contributed by atoms with Crippen molar-refractivity contribution in [2.75, 3.05) is 24.4 Å². The normalized spacial score (nSPS) is 10.8. The van der Waals surface area contributed by atoms with Gasteiger partial charge >= 0.3 is 18.1 Å². The fraction of sp³-hybridized carbons (Fsp3) is 0.238.